The van der Waals surface area contributed by atoms with Crippen molar-refractivity contribution in [3.05, 3.63) is 34.9 Å². The molecule has 0 saturated carbocycles. The van der Waals surface area contributed by atoms with Gasteiger partial charge in [-0.05, 0) is 37.0 Å². The molecule has 1 atom stereocenters. The van der Waals surface area contributed by atoms with Gasteiger partial charge in [-0.15, -0.1) is 0 Å². The second-order valence-electron chi connectivity index (χ2n) is 6.21. The summed E-state index contributed by atoms with van der Waals surface area (Å²) in [7, 11) is 4.51. The molecule has 1 unspecified atom stereocenters. The van der Waals surface area contributed by atoms with Crippen molar-refractivity contribution in [2.24, 2.45) is 5.92 Å². The normalized spacial score (nSPS) is 15.2. The molecule has 1 aromatic carbocycles. The zero-order valence-corrected chi connectivity index (χ0v) is 14.8. The Morgan fingerprint density at radius 3 is 2.00 bits per heavy atom. The van der Waals surface area contributed by atoms with Gasteiger partial charge in [0, 0.05) is 12.7 Å². The molecule has 5 nitrogen and oxygen atoms in total. The highest BCUT2D eigenvalue weighted by atomic mass is 16.5. The van der Waals surface area contributed by atoms with Crippen molar-refractivity contribution in [2.45, 2.75) is 32.8 Å². The molecule has 2 rings (SSSR count). The number of fused-ring (bicyclic) bond motifs is 1. The third kappa shape index (κ3) is 3.36. The summed E-state index contributed by atoms with van der Waals surface area (Å²) in [4.78, 5) is 25.6. The zero-order chi connectivity index (χ0) is 17.9. The molecule has 0 radical (unpaired) electrons. The van der Waals surface area contributed by atoms with Crippen molar-refractivity contribution in [1.29, 1.82) is 0 Å². The van der Waals surface area contributed by atoms with Crippen LogP contribution in [-0.4, -0.2) is 39.0 Å². The molecule has 1 aromatic rings. The van der Waals surface area contributed by atoms with Gasteiger partial charge >= 0.3 is 0 Å². The number of rotatable bonds is 7. The number of methoxy groups -OCH3 is 3. The SMILES string of the molecule is COc1ccc(OC)c2c1C(=O)C=C(C(CCC(C)C)OC)C2=O. The van der Waals surface area contributed by atoms with Gasteiger partial charge in [0.25, 0.3) is 0 Å². The van der Waals surface area contributed by atoms with E-state index in [2.05, 4.69) is 13.8 Å². The fourth-order valence-electron chi connectivity index (χ4n) is 2.92. The summed E-state index contributed by atoms with van der Waals surface area (Å²) in [6.45, 7) is 4.22. The Morgan fingerprint density at radius 1 is 0.917 bits per heavy atom. The second-order valence-corrected chi connectivity index (χ2v) is 6.21. The van der Waals surface area contributed by atoms with E-state index in [9.17, 15) is 9.59 Å². The van der Waals surface area contributed by atoms with Crippen molar-refractivity contribution in [3.8, 4) is 11.5 Å². The van der Waals surface area contributed by atoms with Crippen molar-refractivity contribution in [3.63, 3.8) is 0 Å². The summed E-state index contributed by atoms with van der Waals surface area (Å²) >= 11 is 0. The van der Waals surface area contributed by atoms with E-state index in [1.807, 2.05) is 0 Å². The molecular formula is C19H24O5. The first-order chi connectivity index (χ1) is 11.4. The maximum absolute atomic E-state index is 13.0. The van der Waals surface area contributed by atoms with E-state index in [0.29, 0.717) is 29.4 Å². The summed E-state index contributed by atoms with van der Waals surface area (Å²) < 4.78 is 16.0. The molecule has 24 heavy (non-hydrogen) atoms. The largest absolute Gasteiger partial charge is 0.496 e. The lowest BCUT2D eigenvalue weighted by Crippen LogP contribution is -2.27. The van der Waals surface area contributed by atoms with Gasteiger partial charge in [-0.2, -0.15) is 0 Å². The highest BCUT2D eigenvalue weighted by Gasteiger charge is 2.35. The van der Waals surface area contributed by atoms with Crippen LogP contribution in [0.3, 0.4) is 0 Å². The predicted molar refractivity (Wildman–Crippen MR) is 91.2 cm³/mol. The molecule has 0 saturated heterocycles. The smallest absolute Gasteiger partial charge is 0.196 e. The van der Waals surface area contributed by atoms with Crippen LogP contribution in [0, 0.1) is 5.92 Å². The molecule has 0 bridgehead atoms. The lowest BCUT2D eigenvalue weighted by molar-refractivity contribution is 0.0860. The summed E-state index contributed by atoms with van der Waals surface area (Å²) in [5, 5.41) is 0. The van der Waals surface area contributed by atoms with Gasteiger partial charge in [-0.1, -0.05) is 13.8 Å². The number of allylic oxidation sites excluding steroid dienone is 1. The van der Waals surface area contributed by atoms with E-state index in [0.717, 1.165) is 6.42 Å². The Kier molecular flexibility index (Phi) is 5.78. The molecule has 5 heteroatoms. The summed E-state index contributed by atoms with van der Waals surface area (Å²) in [5.41, 5.74) is 0.887. The fraction of sp³-hybridized carbons (Fsp3) is 0.474. The maximum Gasteiger partial charge on any atom is 0.196 e. The Balaban J connectivity index is 2.49. The van der Waals surface area contributed by atoms with Gasteiger partial charge in [-0.25, -0.2) is 0 Å². The molecule has 0 fully saturated rings. The standard InChI is InChI=1S/C19H24O5/c1-11(2)6-7-14(22-3)12-10-13(20)17-15(23-4)8-9-16(24-5)18(17)19(12)21/h8-11,14H,6-7H2,1-5H3. The minimum absolute atomic E-state index is 0.240. The third-order valence-corrected chi connectivity index (χ3v) is 4.23. The number of ketones is 2. The molecule has 0 spiro atoms. The van der Waals surface area contributed by atoms with Crippen LogP contribution in [0.2, 0.25) is 0 Å². The Morgan fingerprint density at radius 2 is 1.50 bits per heavy atom. The Labute approximate surface area is 142 Å². The highest BCUT2D eigenvalue weighted by Crippen LogP contribution is 2.37. The number of carbonyl (C=O) groups excluding carboxylic acids is 2. The number of carbonyl (C=O) groups is 2. The first-order valence-electron chi connectivity index (χ1n) is 8.02. The molecule has 0 aliphatic heterocycles. The first kappa shape index (κ1) is 18.2. The van der Waals surface area contributed by atoms with Crippen LogP contribution in [0.5, 0.6) is 11.5 Å². The van der Waals surface area contributed by atoms with E-state index >= 15 is 0 Å². The Bertz CT molecular complexity index is 673. The molecule has 1 aliphatic rings. The maximum atomic E-state index is 13.0. The third-order valence-electron chi connectivity index (χ3n) is 4.23. The second kappa shape index (κ2) is 7.62. The number of Topliss-reactive ketones (excluding diaryl/α,β-unsaturated/α-hetero) is 1. The van der Waals surface area contributed by atoms with Crippen molar-refractivity contribution in [2.75, 3.05) is 21.3 Å². The van der Waals surface area contributed by atoms with Gasteiger partial charge in [0.1, 0.15) is 11.5 Å². The first-order valence-corrected chi connectivity index (χ1v) is 8.02. The van der Waals surface area contributed by atoms with Gasteiger partial charge < -0.3 is 14.2 Å². The van der Waals surface area contributed by atoms with Crippen LogP contribution in [0.1, 0.15) is 47.4 Å². The van der Waals surface area contributed by atoms with Gasteiger partial charge in [0.05, 0.1) is 31.5 Å². The van der Waals surface area contributed by atoms with Crippen molar-refractivity contribution in [1.82, 2.24) is 0 Å². The van der Waals surface area contributed by atoms with Gasteiger partial charge in [-0.3, -0.25) is 9.59 Å². The monoisotopic (exact) mass is 332 g/mol. The van der Waals surface area contributed by atoms with Crippen molar-refractivity contribution >= 4 is 11.6 Å². The number of ether oxygens (including phenoxy) is 3. The molecule has 1 aliphatic carbocycles. The minimum atomic E-state index is -0.409. The lowest BCUT2D eigenvalue weighted by atomic mass is 9.84. The molecular weight excluding hydrogens is 308 g/mol. The van der Waals surface area contributed by atoms with Crippen LogP contribution in [0.25, 0.3) is 0 Å². The number of hydrogen-bond acceptors (Lipinski definition) is 5. The summed E-state index contributed by atoms with van der Waals surface area (Å²) in [5.74, 6) is 0.724. The highest BCUT2D eigenvalue weighted by molar-refractivity contribution is 6.27. The average molecular weight is 332 g/mol. The van der Waals surface area contributed by atoms with E-state index < -0.39 is 6.10 Å². The van der Waals surface area contributed by atoms with Gasteiger partial charge in [0.2, 0.25) is 0 Å². The molecule has 0 N–H and O–H groups in total. The van der Waals surface area contributed by atoms with Crippen LogP contribution in [-0.2, 0) is 4.74 Å². The Hall–Kier alpha value is -2.14. The van der Waals surface area contributed by atoms with Gasteiger partial charge in [0.15, 0.2) is 11.6 Å². The lowest BCUT2D eigenvalue weighted by Gasteiger charge is -2.24. The average Bonchev–Trinajstić information content (AvgIpc) is 2.57. The predicted octanol–water partition coefficient (Wildman–Crippen LogP) is 3.46. The molecule has 0 amide bonds. The quantitative estimate of drug-likeness (QED) is 0.765. The number of benzene rings is 1. The van der Waals surface area contributed by atoms with E-state index in [1.165, 1.54) is 20.3 Å². The zero-order valence-electron chi connectivity index (χ0n) is 14.8. The molecule has 0 heterocycles. The summed E-state index contributed by atoms with van der Waals surface area (Å²) in [6, 6.07) is 3.27. The van der Waals surface area contributed by atoms with E-state index in [1.54, 1.807) is 19.2 Å². The van der Waals surface area contributed by atoms with E-state index in [-0.39, 0.29) is 22.7 Å². The van der Waals surface area contributed by atoms with Crippen LogP contribution in [0.15, 0.2) is 23.8 Å². The van der Waals surface area contributed by atoms with Crippen LogP contribution < -0.4 is 9.47 Å². The number of hydrogen-bond donors (Lipinski definition) is 0. The topological polar surface area (TPSA) is 61.8 Å². The minimum Gasteiger partial charge on any atom is -0.496 e. The summed E-state index contributed by atoms with van der Waals surface area (Å²) in [6.07, 6.45) is 2.55. The van der Waals surface area contributed by atoms with Crippen LogP contribution >= 0.6 is 0 Å². The van der Waals surface area contributed by atoms with Crippen LogP contribution in [0.4, 0.5) is 0 Å². The van der Waals surface area contributed by atoms with Crippen molar-refractivity contribution < 1.29 is 23.8 Å². The molecule has 130 valence electrons. The van der Waals surface area contributed by atoms with E-state index in [4.69, 9.17) is 14.2 Å². The molecule has 0 aromatic heterocycles. The fourth-order valence-corrected chi connectivity index (χ4v) is 2.92.